The van der Waals surface area contributed by atoms with Crippen molar-refractivity contribution in [2.75, 3.05) is 12.3 Å². The maximum Gasteiger partial charge on any atom is 0.123 e. The topological polar surface area (TPSA) is 12.0 Å². The van der Waals surface area contributed by atoms with E-state index in [1.54, 1.807) is 12.1 Å². The van der Waals surface area contributed by atoms with Gasteiger partial charge in [0, 0.05) is 11.3 Å². The second-order valence-corrected chi connectivity index (χ2v) is 6.39. The molecule has 0 saturated carbocycles. The van der Waals surface area contributed by atoms with Gasteiger partial charge in [0.1, 0.15) is 5.82 Å². The van der Waals surface area contributed by atoms with Crippen molar-refractivity contribution in [3.05, 3.63) is 35.1 Å². The third-order valence-corrected chi connectivity index (χ3v) is 4.83. The van der Waals surface area contributed by atoms with E-state index >= 15 is 0 Å². The van der Waals surface area contributed by atoms with Crippen molar-refractivity contribution >= 4 is 11.8 Å². The highest BCUT2D eigenvalue weighted by Gasteiger charge is 2.26. The van der Waals surface area contributed by atoms with Gasteiger partial charge in [-0.3, -0.25) is 0 Å². The Morgan fingerprint density at radius 3 is 2.89 bits per heavy atom. The van der Waals surface area contributed by atoms with Crippen LogP contribution in [0, 0.1) is 12.7 Å². The zero-order valence-electron chi connectivity index (χ0n) is 11.2. The molecule has 1 aliphatic rings. The van der Waals surface area contributed by atoms with E-state index in [4.69, 9.17) is 0 Å². The van der Waals surface area contributed by atoms with Crippen molar-refractivity contribution in [1.82, 2.24) is 5.32 Å². The lowest BCUT2D eigenvalue weighted by molar-refractivity contribution is 0.499. The standard InChI is InChI=1S/C15H22FNS/c1-3-6-17-15(14-5-4-7-18-14)12-8-11(2)9-13(16)10-12/h8-10,14-15,17H,3-7H2,1-2H3. The molecule has 1 N–H and O–H groups in total. The van der Waals surface area contributed by atoms with Crippen LogP contribution in [0.4, 0.5) is 4.39 Å². The van der Waals surface area contributed by atoms with Gasteiger partial charge < -0.3 is 5.32 Å². The Bertz CT molecular complexity index is 368. The van der Waals surface area contributed by atoms with Crippen molar-refractivity contribution in [2.24, 2.45) is 0 Å². The Kier molecular flexibility index (Phi) is 5.07. The van der Waals surface area contributed by atoms with Gasteiger partial charge >= 0.3 is 0 Å². The molecule has 2 rings (SSSR count). The monoisotopic (exact) mass is 267 g/mol. The Labute approximate surface area is 114 Å². The molecule has 18 heavy (non-hydrogen) atoms. The fourth-order valence-electron chi connectivity index (χ4n) is 2.57. The van der Waals surface area contributed by atoms with Crippen LogP contribution in [0.3, 0.4) is 0 Å². The Morgan fingerprint density at radius 2 is 2.28 bits per heavy atom. The molecule has 0 aliphatic carbocycles. The van der Waals surface area contributed by atoms with Gasteiger partial charge in [0.25, 0.3) is 0 Å². The third kappa shape index (κ3) is 3.48. The molecule has 100 valence electrons. The van der Waals surface area contributed by atoms with Crippen LogP contribution >= 0.6 is 11.8 Å². The first kappa shape index (κ1) is 13.9. The minimum Gasteiger partial charge on any atom is -0.309 e. The first-order valence-corrected chi connectivity index (χ1v) is 7.87. The number of nitrogens with one attached hydrogen (secondary N) is 1. The fraction of sp³-hybridized carbons (Fsp3) is 0.600. The van der Waals surface area contributed by atoms with E-state index in [9.17, 15) is 4.39 Å². The van der Waals surface area contributed by atoms with Crippen LogP contribution in [-0.4, -0.2) is 17.5 Å². The molecule has 1 aromatic rings. The van der Waals surface area contributed by atoms with E-state index in [1.165, 1.54) is 18.6 Å². The van der Waals surface area contributed by atoms with Crippen molar-refractivity contribution in [2.45, 2.75) is 44.4 Å². The first-order chi connectivity index (χ1) is 8.70. The van der Waals surface area contributed by atoms with Gasteiger partial charge in [-0.1, -0.05) is 13.0 Å². The Balaban J connectivity index is 2.20. The fourth-order valence-corrected chi connectivity index (χ4v) is 3.99. The summed E-state index contributed by atoms with van der Waals surface area (Å²) in [6.07, 6.45) is 3.64. The van der Waals surface area contributed by atoms with E-state index in [2.05, 4.69) is 18.3 Å². The molecule has 1 nitrogen and oxygen atoms in total. The SMILES string of the molecule is CCCNC(c1cc(C)cc(F)c1)C1CCCS1. The predicted molar refractivity (Wildman–Crippen MR) is 77.7 cm³/mol. The molecular weight excluding hydrogens is 245 g/mol. The second-order valence-electron chi connectivity index (χ2n) is 5.05. The number of aryl methyl sites for hydroxylation is 1. The number of halogens is 1. The average molecular weight is 267 g/mol. The van der Waals surface area contributed by atoms with E-state index in [-0.39, 0.29) is 5.82 Å². The quantitative estimate of drug-likeness (QED) is 0.863. The van der Waals surface area contributed by atoms with Crippen LogP contribution in [0.5, 0.6) is 0 Å². The summed E-state index contributed by atoms with van der Waals surface area (Å²) in [5.41, 5.74) is 2.12. The summed E-state index contributed by atoms with van der Waals surface area (Å²) in [5.74, 6) is 1.12. The molecule has 1 saturated heterocycles. The number of benzene rings is 1. The number of hydrogen-bond acceptors (Lipinski definition) is 2. The van der Waals surface area contributed by atoms with Gasteiger partial charge in [0.05, 0.1) is 0 Å². The molecule has 2 atom stereocenters. The van der Waals surface area contributed by atoms with Crippen LogP contribution < -0.4 is 5.32 Å². The molecule has 0 bridgehead atoms. The van der Waals surface area contributed by atoms with Gasteiger partial charge in [-0.05, 0) is 61.7 Å². The highest BCUT2D eigenvalue weighted by Crippen LogP contribution is 2.36. The van der Waals surface area contributed by atoms with Crippen molar-refractivity contribution in [3.8, 4) is 0 Å². The molecule has 0 amide bonds. The van der Waals surface area contributed by atoms with Crippen LogP contribution in [0.1, 0.15) is 43.4 Å². The predicted octanol–water partition coefficient (Wildman–Crippen LogP) is 4.07. The Morgan fingerprint density at radius 1 is 1.44 bits per heavy atom. The summed E-state index contributed by atoms with van der Waals surface area (Å²) in [6.45, 7) is 5.13. The molecule has 1 aromatic carbocycles. The van der Waals surface area contributed by atoms with Crippen molar-refractivity contribution in [3.63, 3.8) is 0 Å². The van der Waals surface area contributed by atoms with Crippen LogP contribution in [0.2, 0.25) is 0 Å². The molecule has 0 aromatic heterocycles. The lowest BCUT2D eigenvalue weighted by Crippen LogP contribution is -2.29. The second kappa shape index (κ2) is 6.58. The van der Waals surface area contributed by atoms with E-state index in [0.717, 1.165) is 24.1 Å². The largest absolute Gasteiger partial charge is 0.309 e. The summed E-state index contributed by atoms with van der Waals surface area (Å²) < 4.78 is 13.6. The summed E-state index contributed by atoms with van der Waals surface area (Å²) in [5, 5.41) is 4.19. The van der Waals surface area contributed by atoms with Gasteiger partial charge in [-0.15, -0.1) is 0 Å². The van der Waals surface area contributed by atoms with Crippen LogP contribution in [0.15, 0.2) is 18.2 Å². The number of hydrogen-bond donors (Lipinski definition) is 1. The van der Waals surface area contributed by atoms with Gasteiger partial charge in [0.2, 0.25) is 0 Å². The lowest BCUT2D eigenvalue weighted by Gasteiger charge is -2.25. The summed E-state index contributed by atoms with van der Waals surface area (Å²) >= 11 is 2.02. The first-order valence-electron chi connectivity index (χ1n) is 6.83. The lowest BCUT2D eigenvalue weighted by atomic mass is 9.99. The summed E-state index contributed by atoms with van der Waals surface area (Å²) in [4.78, 5) is 0. The van der Waals surface area contributed by atoms with E-state index in [0.29, 0.717) is 11.3 Å². The van der Waals surface area contributed by atoms with Crippen LogP contribution in [0.25, 0.3) is 0 Å². The molecule has 1 fully saturated rings. The van der Waals surface area contributed by atoms with Gasteiger partial charge in [-0.2, -0.15) is 11.8 Å². The normalized spacial score (nSPS) is 21.2. The average Bonchev–Trinajstić information content (AvgIpc) is 2.82. The number of thioether (sulfide) groups is 1. The Hall–Kier alpha value is -0.540. The molecule has 0 radical (unpaired) electrons. The third-order valence-electron chi connectivity index (χ3n) is 3.37. The zero-order chi connectivity index (χ0) is 13.0. The van der Waals surface area contributed by atoms with E-state index < -0.39 is 0 Å². The zero-order valence-corrected chi connectivity index (χ0v) is 12.0. The van der Waals surface area contributed by atoms with Crippen LogP contribution in [-0.2, 0) is 0 Å². The summed E-state index contributed by atoms with van der Waals surface area (Å²) in [7, 11) is 0. The molecule has 1 heterocycles. The van der Waals surface area contributed by atoms with Gasteiger partial charge in [-0.25, -0.2) is 4.39 Å². The highest BCUT2D eigenvalue weighted by molar-refractivity contribution is 8.00. The highest BCUT2D eigenvalue weighted by atomic mass is 32.2. The van der Waals surface area contributed by atoms with Crippen molar-refractivity contribution < 1.29 is 4.39 Å². The van der Waals surface area contributed by atoms with Gasteiger partial charge in [0.15, 0.2) is 0 Å². The minimum absolute atomic E-state index is 0.115. The minimum atomic E-state index is -0.115. The van der Waals surface area contributed by atoms with E-state index in [1.807, 2.05) is 18.7 Å². The van der Waals surface area contributed by atoms with Crippen molar-refractivity contribution in [1.29, 1.82) is 0 Å². The molecule has 2 unspecified atom stereocenters. The molecule has 3 heteroatoms. The molecular formula is C15H22FNS. The maximum atomic E-state index is 13.6. The summed E-state index contributed by atoms with van der Waals surface area (Å²) in [6, 6.07) is 5.71. The molecule has 1 aliphatic heterocycles. The maximum absolute atomic E-state index is 13.6. The molecule has 0 spiro atoms. The smallest absolute Gasteiger partial charge is 0.123 e. The number of rotatable bonds is 5.